The second-order valence-corrected chi connectivity index (χ2v) is 1.56. The number of hydrogen-bond donors (Lipinski definition) is 0. The van der Waals surface area contributed by atoms with E-state index in [0.717, 1.165) is 0 Å². The van der Waals surface area contributed by atoms with Crippen molar-refractivity contribution in [2.75, 3.05) is 14.1 Å². The Morgan fingerprint density at radius 1 is 1.43 bits per heavy atom. The minimum absolute atomic E-state index is 0. The van der Waals surface area contributed by atoms with Gasteiger partial charge in [-0.1, -0.05) is 13.2 Å². The zero-order chi connectivity index (χ0) is 5.15. The van der Waals surface area contributed by atoms with E-state index in [1.165, 1.54) is 0 Å². The van der Waals surface area contributed by atoms with Crippen molar-refractivity contribution in [3.8, 4) is 0 Å². The average Bonchev–Trinajstić information content (AvgIpc) is 1.36. The van der Waals surface area contributed by atoms with Crippen molar-refractivity contribution in [2.24, 2.45) is 0 Å². The molecule has 0 saturated carbocycles. The molecule has 1 unspecified atom stereocenters. The maximum absolute atomic E-state index is 10.2. The van der Waals surface area contributed by atoms with E-state index in [0.29, 0.717) is 0 Å². The smallest absolute Gasteiger partial charge is 0.841 e. The van der Waals surface area contributed by atoms with Gasteiger partial charge >= 0.3 is 29.6 Å². The van der Waals surface area contributed by atoms with Crippen LogP contribution >= 0.6 is 0 Å². The predicted molar refractivity (Wildman–Crippen MR) is 23.1 cm³/mol. The minimum atomic E-state index is -0.565. The minimum Gasteiger partial charge on any atom is -0.841 e. The van der Waals surface area contributed by atoms with Gasteiger partial charge in [-0.05, 0) is 14.1 Å². The molecule has 1 atom stereocenters. The maximum Gasteiger partial charge on any atom is 1.00 e. The van der Waals surface area contributed by atoms with Gasteiger partial charge < -0.3 is 10.0 Å². The molecule has 3 heteroatoms. The third-order valence-corrected chi connectivity index (χ3v) is 0.727. The van der Waals surface area contributed by atoms with Crippen LogP contribution in [0, 0.1) is 0 Å². The largest absolute Gasteiger partial charge is 1.00 e. The van der Waals surface area contributed by atoms with Crippen LogP contribution in [-0.4, -0.2) is 25.2 Å². The standard InChI is InChI=1S/C4H10NO.Na/c1-4(6)5(2)3;/h4H,1-3H3;/q-1;+1. The summed E-state index contributed by atoms with van der Waals surface area (Å²) in [4.78, 5) is 1.61. The second-order valence-electron chi connectivity index (χ2n) is 1.56. The van der Waals surface area contributed by atoms with E-state index in [2.05, 4.69) is 0 Å². The fraction of sp³-hybridized carbons (Fsp3) is 1.00. The molecule has 0 bridgehead atoms. The summed E-state index contributed by atoms with van der Waals surface area (Å²) in [6.07, 6.45) is -0.565. The Kier molecular flexibility index (Phi) is 7.83. The molecule has 0 radical (unpaired) electrons. The summed E-state index contributed by atoms with van der Waals surface area (Å²) in [6.45, 7) is 1.61. The molecule has 0 saturated heterocycles. The third kappa shape index (κ3) is 6.92. The molecular weight excluding hydrogens is 101 g/mol. The molecule has 0 amide bonds. The van der Waals surface area contributed by atoms with E-state index in [1.54, 1.807) is 25.9 Å². The van der Waals surface area contributed by atoms with Crippen LogP contribution in [0.5, 0.6) is 0 Å². The fourth-order valence-electron chi connectivity index (χ4n) is 0. The van der Waals surface area contributed by atoms with E-state index in [4.69, 9.17) is 0 Å². The summed E-state index contributed by atoms with van der Waals surface area (Å²) in [6, 6.07) is 0. The first-order chi connectivity index (χ1) is 2.64. The van der Waals surface area contributed by atoms with E-state index < -0.39 is 6.23 Å². The van der Waals surface area contributed by atoms with Crippen LogP contribution in [0.1, 0.15) is 6.92 Å². The molecule has 0 spiro atoms. The van der Waals surface area contributed by atoms with Crippen molar-refractivity contribution < 1.29 is 34.7 Å². The molecule has 0 aliphatic carbocycles. The zero-order valence-corrected chi connectivity index (χ0v) is 7.43. The van der Waals surface area contributed by atoms with Crippen molar-refractivity contribution in [3.63, 3.8) is 0 Å². The van der Waals surface area contributed by atoms with Gasteiger partial charge in [0.2, 0.25) is 0 Å². The van der Waals surface area contributed by atoms with Gasteiger partial charge in [0.05, 0.1) is 0 Å². The Balaban J connectivity index is 0. The van der Waals surface area contributed by atoms with Crippen LogP contribution in [0.4, 0.5) is 0 Å². The van der Waals surface area contributed by atoms with Gasteiger partial charge in [-0.3, -0.25) is 0 Å². The molecular formula is C4H10NNaO. The summed E-state index contributed by atoms with van der Waals surface area (Å²) in [7, 11) is 3.52. The molecule has 0 heterocycles. The number of hydrogen-bond acceptors (Lipinski definition) is 2. The number of nitrogens with zero attached hydrogens (tertiary/aromatic N) is 1. The first kappa shape index (κ1) is 10.8. The molecule has 0 aliphatic heterocycles. The molecule has 2 nitrogen and oxygen atoms in total. The van der Waals surface area contributed by atoms with Crippen LogP contribution in [-0.2, 0) is 0 Å². The molecule has 0 fully saturated rings. The van der Waals surface area contributed by atoms with Gasteiger partial charge in [-0.2, -0.15) is 0 Å². The quantitative estimate of drug-likeness (QED) is 0.257. The van der Waals surface area contributed by atoms with Gasteiger partial charge in [0.25, 0.3) is 0 Å². The first-order valence-corrected chi connectivity index (χ1v) is 1.97. The predicted octanol–water partition coefficient (Wildman–Crippen LogP) is -3.74. The Morgan fingerprint density at radius 3 is 1.57 bits per heavy atom. The Labute approximate surface area is 66.8 Å². The first-order valence-electron chi connectivity index (χ1n) is 1.97. The summed E-state index contributed by atoms with van der Waals surface area (Å²) in [5, 5.41) is 10.2. The van der Waals surface area contributed by atoms with Gasteiger partial charge in [0.1, 0.15) is 0 Å². The van der Waals surface area contributed by atoms with E-state index in [9.17, 15) is 5.11 Å². The van der Waals surface area contributed by atoms with Crippen molar-refractivity contribution >= 4 is 0 Å². The molecule has 0 aliphatic rings. The van der Waals surface area contributed by atoms with Crippen molar-refractivity contribution in [1.82, 2.24) is 4.90 Å². The van der Waals surface area contributed by atoms with Crippen molar-refractivity contribution in [3.05, 3.63) is 0 Å². The van der Waals surface area contributed by atoms with Crippen LogP contribution in [0.3, 0.4) is 0 Å². The molecule has 0 rings (SSSR count). The Bertz CT molecular complexity index is 32.7. The summed E-state index contributed by atoms with van der Waals surface area (Å²) in [5.74, 6) is 0. The molecule has 0 aromatic rings. The van der Waals surface area contributed by atoms with Crippen molar-refractivity contribution in [1.29, 1.82) is 0 Å². The normalized spacial score (nSPS) is 13.3. The van der Waals surface area contributed by atoms with Crippen LogP contribution in [0.15, 0.2) is 0 Å². The molecule has 7 heavy (non-hydrogen) atoms. The van der Waals surface area contributed by atoms with E-state index in [1.807, 2.05) is 0 Å². The summed E-state index contributed by atoms with van der Waals surface area (Å²) >= 11 is 0. The topological polar surface area (TPSA) is 26.3 Å². The SMILES string of the molecule is CC([O-])N(C)C.[Na+]. The van der Waals surface area contributed by atoms with Gasteiger partial charge in [-0.25, -0.2) is 0 Å². The average molecular weight is 111 g/mol. The van der Waals surface area contributed by atoms with Crippen LogP contribution in [0.25, 0.3) is 0 Å². The second kappa shape index (κ2) is 5.06. The fourth-order valence-corrected chi connectivity index (χ4v) is 0. The van der Waals surface area contributed by atoms with Crippen LogP contribution in [0.2, 0.25) is 0 Å². The summed E-state index contributed by atoms with van der Waals surface area (Å²) < 4.78 is 0. The van der Waals surface area contributed by atoms with Gasteiger partial charge in [0.15, 0.2) is 0 Å². The molecule has 0 aromatic heterocycles. The Morgan fingerprint density at radius 2 is 1.57 bits per heavy atom. The van der Waals surface area contributed by atoms with E-state index >= 15 is 0 Å². The van der Waals surface area contributed by atoms with Gasteiger partial charge in [-0.15, -0.1) is 0 Å². The van der Waals surface area contributed by atoms with E-state index in [-0.39, 0.29) is 29.6 Å². The maximum atomic E-state index is 10.2. The monoisotopic (exact) mass is 111 g/mol. The van der Waals surface area contributed by atoms with Crippen molar-refractivity contribution in [2.45, 2.75) is 13.2 Å². The van der Waals surface area contributed by atoms with Crippen LogP contribution < -0.4 is 34.7 Å². The molecule has 0 N–H and O–H groups in total. The molecule has 38 valence electrons. The third-order valence-electron chi connectivity index (χ3n) is 0.727. The Hall–Kier alpha value is 0.920. The zero-order valence-electron chi connectivity index (χ0n) is 5.43. The summed E-state index contributed by atoms with van der Waals surface area (Å²) in [5.41, 5.74) is 0. The molecule has 0 aromatic carbocycles. The van der Waals surface area contributed by atoms with Gasteiger partial charge in [0, 0.05) is 0 Å². The number of rotatable bonds is 1.